The Balaban J connectivity index is 1.84. The highest BCUT2D eigenvalue weighted by molar-refractivity contribution is 6.14. The van der Waals surface area contributed by atoms with E-state index in [9.17, 15) is 9.90 Å². The molecule has 0 radical (unpaired) electrons. The summed E-state index contributed by atoms with van der Waals surface area (Å²) in [6.07, 6.45) is 1.73. The van der Waals surface area contributed by atoms with Crippen molar-refractivity contribution in [2.45, 2.75) is 13.8 Å². The second kappa shape index (κ2) is 6.16. The van der Waals surface area contributed by atoms with E-state index < -0.39 is 0 Å². The molecule has 0 aromatic heterocycles. The van der Waals surface area contributed by atoms with Crippen LogP contribution in [0.2, 0.25) is 0 Å². The number of ketones is 1. The van der Waals surface area contributed by atoms with Gasteiger partial charge in [0.2, 0.25) is 5.78 Å². The number of phenols is 1. The molecule has 1 N–H and O–H groups in total. The topological polar surface area (TPSA) is 49.8 Å². The summed E-state index contributed by atoms with van der Waals surface area (Å²) < 4.78 is 5.57. The van der Waals surface area contributed by atoms with E-state index in [1.54, 1.807) is 12.1 Å². The van der Waals surface area contributed by atoms with Gasteiger partial charge >= 0.3 is 0 Å². The Labute approximate surface area is 135 Å². The molecule has 0 fully saturated rings. The van der Waals surface area contributed by atoms with Gasteiger partial charge < -0.3 is 14.7 Å². The molecule has 0 spiro atoms. The quantitative estimate of drug-likeness (QED) is 0.871. The van der Waals surface area contributed by atoms with Gasteiger partial charge in [-0.25, -0.2) is 0 Å². The SMILES string of the molecule is CCN(CC)c1ccc(C=C2Oc3cc(O)ccc3C2=O)cc1. The van der Waals surface area contributed by atoms with Gasteiger partial charge in [0.25, 0.3) is 0 Å². The van der Waals surface area contributed by atoms with Crippen LogP contribution >= 0.6 is 0 Å². The molecule has 1 aliphatic heterocycles. The number of ether oxygens (including phenoxy) is 1. The van der Waals surface area contributed by atoms with Gasteiger partial charge in [0.1, 0.15) is 11.5 Å². The molecule has 1 aliphatic rings. The van der Waals surface area contributed by atoms with Gasteiger partial charge in [0.05, 0.1) is 5.56 Å². The lowest BCUT2D eigenvalue weighted by atomic mass is 10.1. The second-order valence-corrected chi connectivity index (χ2v) is 5.38. The number of hydrogen-bond acceptors (Lipinski definition) is 4. The van der Waals surface area contributed by atoms with E-state index in [0.29, 0.717) is 11.3 Å². The van der Waals surface area contributed by atoms with Crippen LogP contribution in [-0.4, -0.2) is 24.0 Å². The van der Waals surface area contributed by atoms with Crippen molar-refractivity contribution in [1.82, 2.24) is 0 Å². The zero-order valence-corrected chi connectivity index (χ0v) is 13.2. The van der Waals surface area contributed by atoms with Crippen LogP contribution < -0.4 is 9.64 Å². The highest BCUT2D eigenvalue weighted by atomic mass is 16.5. The number of anilines is 1. The summed E-state index contributed by atoms with van der Waals surface area (Å²) in [5.41, 5.74) is 2.54. The number of rotatable bonds is 4. The van der Waals surface area contributed by atoms with Crippen molar-refractivity contribution in [3.8, 4) is 11.5 Å². The fourth-order valence-corrected chi connectivity index (χ4v) is 2.70. The number of aromatic hydroxyl groups is 1. The Hall–Kier alpha value is -2.75. The number of carbonyl (C=O) groups excluding carboxylic acids is 1. The number of fused-ring (bicyclic) bond motifs is 1. The molecule has 0 saturated carbocycles. The third-order valence-electron chi connectivity index (χ3n) is 3.97. The molecule has 1 heterocycles. The maximum absolute atomic E-state index is 12.3. The van der Waals surface area contributed by atoms with Gasteiger partial charge in [-0.3, -0.25) is 4.79 Å². The monoisotopic (exact) mass is 309 g/mol. The van der Waals surface area contributed by atoms with Gasteiger partial charge in [-0.2, -0.15) is 0 Å². The third kappa shape index (κ3) is 2.93. The average molecular weight is 309 g/mol. The molecule has 0 bridgehead atoms. The normalized spacial score (nSPS) is 14.7. The molecular formula is C19H19NO3. The number of Topliss-reactive ketones (excluding diaryl/α,β-unsaturated/α-hetero) is 1. The van der Waals surface area contributed by atoms with E-state index in [-0.39, 0.29) is 17.3 Å². The first-order valence-electron chi connectivity index (χ1n) is 7.74. The van der Waals surface area contributed by atoms with Crippen LogP contribution in [-0.2, 0) is 0 Å². The standard InChI is InChI=1S/C19H19NO3/c1-3-20(4-2)14-7-5-13(6-8-14)11-18-19(22)16-10-9-15(21)12-17(16)23-18/h5-12,21H,3-4H2,1-2H3. The predicted molar refractivity (Wildman–Crippen MR) is 91.0 cm³/mol. The van der Waals surface area contributed by atoms with E-state index in [1.165, 1.54) is 12.1 Å². The largest absolute Gasteiger partial charge is 0.508 e. The molecule has 4 heteroatoms. The van der Waals surface area contributed by atoms with Crippen molar-refractivity contribution in [2.24, 2.45) is 0 Å². The minimum absolute atomic E-state index is 0.0846. The molecule has 0 atom stereocenters. The first-order chi connectivity index (χ1) is 11.1. The van der Waals surface area contributed by atoms with Crippen molar-refractivity contribution in [2.75, 3.05) is 18.0 Å². The summed E-state index contributed by atoms with van der Waals surface area (Å²) in [7, 11) is 0. The molecule has 0 aliphatic carbocycles. The Bertz CT molecular complexity index is 759. The molecule has 3 rings (SSSR count). The Morgan fingerprint density at radius 1 is 1.09 bits per heavy atom. The lowest BCUT2D eigenvalue weighted by molar-refractivity contribution is 0.101. The van der Waals surface area contributed by atoms with Crippen molar-refractivity contribution >= 4 is 17.5 Å². The fourth-order valence-electron chi connectivity index (χ4n) is 2.70. The van der Waals surface area contributed by atoms with Crippen LogP contribution in [0.15, 0.2) is 48.2 Å². The molecule has 23 heavy (non-hydrogen) atoms. The summed E-state index contributed by atoms with van der Waals surface area (Å²) in [5, 5.41) is 9.47. The lowest BCUT2D eigenvalue weighted by Gasteiger charge is -2.20. The zero-order valence-electron chi connectivity index (χ0n) is 13.2. The maximum Gasteiger partial charge on any atom is 0.231 e. The summed E-state index contributed by atoms with van der Waals surface area (Å²) in [4.78, 5) is 14.6. The molecule has 0 amide bonds. The summed E-state index contributed by atoms with van der Waals surface area (Å²) >= 11 is 0. The van der Waals surface area contributed by atoms with Crippen molar-refractivity contribution in [3.63, 3.8) is 0 Å². The number of hydrogen-bond donors (Lipinski definition) is 1. The van der Waals surface area contributed by atoms with Gasteiger partial charge in [0.15, 0.2) is 5.76 Å². The number of carbonyl (C=O) groups is 1. The van der Waals surface area contributed by atoms with Crippen LogP contribution in [0.3, 0.4) is 0 Å². The molecule has 2 aromatic rings. The fraction of sp³-hybridized carbons (Fsp3) is 0.211. The number of phenolic OH excluding ortho intramolecular Hbond substituents is 1. The lowest BCUT2D eigenvalue weighted by Crippen LogP contribution is -2.21. The van der Waals surface area contributed by atoms with Crippen LogP contribution in [0.25, 0.3) is 6.08 Å². The highest BCUT2D eigenvalue weighted by Gasteiger charge is 2.27. The van der Waals surface area contributed by atoms with E-state index in [1.807, 2.05) is 24.3 Å². The van der Waals surface area contributed by atoms with Gasteiger partial charge in [-0.05, 0) is 49.8 Å². The molecular weight excluding hydrogens is 290 g/mol. The molecule has 0 saturated heterocycles. The third-order valence-corrected chi connectivity index (χ3v) is 3.97. The molecule has 118 valence electrons. The second-order valence-electron chi connectivity index (χ2n) is 5.38. The Morgan fingerprint density at radius 2 is 1.78 bits per heavy atom. The first kappa shape index (κ1) is 15.2. The number of allylic oxidation sites excluding steroid dienone is 1. The minimum atomic E-state index is -0.159. The van der Waals surface area contributed by atoms with E-state index in [4.69, 9.17) is 4.74 Å². The number of benzene rings is 2. The summed E-state index contributed by atoms with van der Waals surface area (Å²) in [6.45, 7) is 6.16. The minimum Gasteiger partial charge on any atom is -0.508 e. The highest BCUT2D eigenvalue weighted by Crippen LogP contribution is 2.34. The number of nitrogens with zero attached hydrogens (tertiary/aromatic N) is 1. The smallest absolute Gasteiger partial charge is 0.231 e. The van der Waals surface area contributed by atoms with Crippen LogP contribution in [0.1, 0.15) is 29.8 Å². The Kier molecular flexibility index (Phi) is 4.06. The summed E-state index contributed by atoms with van der Waals surface area (Å²) in [6, 6.07) is 12.5. The van der Waals surface area contributed by atoms with Crippen LogP contribution in [0.5, 0.6) is 11.5 Å². The Morgan fingerprint density at radius 3 is 2.43 bits per heavy atom. The van der Waals surface area contributed by atoms with E-state index in [0.717, 1.165) is 24.3 Å². The van der Waals surface area contributed by atoms with Crippen LogP contribution in [0, 0.1) is 0 Å². The van der Waals surface area contributed by atoms with E-state index >= 15 is 0 Å². The summed E-state index contributed by atoms with van der Waals surface area (Å²) in [5.74, 6) is 0.608. The van der Waals surface area contributed by atoms with Gasteiger partial charge in [-0.15, -0.1) is 0 Å². The first-order valence-corrected chi connectivity index (χ1v) is 7.74. The maximum atomic E-state index is 12.3. The van der Waals surface area contributed by atoms with Crippen molar-refractivity contribution in [3.05, 3.63) is 59.4 Å². The van der Waals surface area contributed by atoms with Gasteiger partial charge in [-0.1, -0.05) is 12.1 Å². The van der Waals surface area contributed by atoms with Crippen molar-refractivity contribution in [1.29, 1.82) is 0 Å². The van der Waals surface area contributed by atoms with Crippen molar-refractivity contribution < 1.29 is 14.6 Å². The molecule has 0 unspecified atom stereocenters. The zero-order chi connectivity index (χ0) is 16.4. The average Bonchev–Trinajstić information content (AvgIpc) is 2.85. The van der Waals surface area contributed by atoms with E-state index in [2.05, 4.69) is 18.7 Å². The molecule has 2 aromatic carbocycles. The van der Waals surface area contributed by atoms with Crippen LogP contribution in [0.4, 0.5) is 5.69 Å². The van der Waals surface area contributed by atoms with Gasteiger partial charge in [0, 0.05) is 24.8 Å². The molecule has 4 nitrogen and oxygen atoms in total. The predicted octanol–water partition coefficient (Wildman–Crippen LogP) is 3.85.